The summed E-state index contributed by atoms with van der Waals surface area (Å²) in [4.78, 5) is 20.7. The zero-order valence-corrected chi connectivity index (χ0v) is 16.4. The van der Waals surface area contributed by atoms with Crippen molar-refractivity contribution in [2.24, 2.45) is 4.99 Å². The monoisotopic (exact) mass is 378 g/mol. The van der Waals surface area contributed by atoms with Gasteiger partial charge in [-0.1, -0.05) is 36.0 Å². The molecule has 2 aromatic carbocycles. The van der Waals surface area contributed by atoms with E-state index in [4.69, 9.17) is 21.9 Å². The SMILES string of the molecule is COc1ccc(C(=O)N2C(=S)C(c3cccc(C)c3)=NC23CCCC3)cc1. The van der Waals surface area contributed by atoms with Crippen LogP contribution in [0.1, 0.15) is 47.2 Å². The maximum absolute atomic E-state index is 13.4. The Hall–Kier alpha value is -2.53. The van der Waals surface area contributed by atoms with Crippen LogP contribution in [0, 0.1) is 6.92 Å². The predicted octanol–water partition coefficient (Wildman–Crippen LogP) is 4.55. The minimum atomic E-state index is -0.535. The molecule has 0 aromatic heterocycles. The number of carbonyl (C=O) groups is 1. The first kappa shape index (κ1) is 17.9. The van der Waals surface area contributed by atoms with Gasteiger partial charge in [0.1, 0.15) is 22.1 Å². The summed E-state index contributed by atoms with van der Waals surface area (Å²) >= 11 is 5.77. The number of ether oxygens (including phenoxy) is 1. The molecule has 1 aliphatic heterocycles. The summed E-state index contributed by atoms with van der Waals surface area (Å²) in [6, 6.07) is 15.3. The van der Waals surface area contributed by atoms with Crippen molar-refractivity contribution in [3.05, 3.63) is 65.2 Å². The average Bonchev–Trinajstić information content (AvgIpc) is 3.26. The van der Waals surface area contributed by atoms with E-state index in [0.717, 1.165) is 48.3 Å². The fourth-order valence-corrected chi connectivity index (χ4v) is 4.42. The molecule has 0 saturated heterocycles. The largest absolute Gasteiger partial charge is 0.497 e. The third-order valence-corrected chi connectivity index (χ3v) is 5.75. The van der Waals surface area contributed by atoms with Gasteiger partial charge >= 0.3 is 0 Å². The van der Waals surface area contributed by atoms with Crippen LogP contribution in [-0.2, 0) is 0 Å². The van der Waals surface area contributed by atoms with Crippen molar-refractivity contribution in [2.45, 2.75) is 38.3 Å². The predicted molar refractivity (Wildman–Crippen MR) is 111 cm³/mol. The first-order chi connectivity index (χ1) is 13.0. The molecular weight excluding hydrogens is 356 g/mol. The fourth-order valence-electron chi connectivity index (χ4n) is 4.00. The summed E-state index contributed by atoms with van der Waals surface area (Å²) in [5, 5.41) is 0. The van der Waals surface area contributed by atoms with E-state index in [2.05, 4.69) is 6.07 Å². The average molecular weight is 378 g/mol. The number of carbonyl (C=O) groups excluding carboxylic acids is 1. The lowest BCUT2D eigenvalue weighted by atomic mass is 10.1. The molecule has 1 fully saturated rings. The van der Waals surface area contributed by atoms with E-state index in [9.17, 15) is 4.79 Å². The van der Waals surface area contributed by atoms with Gasteiger partial charge in [0.05, 0.1) is 7.11 Å². The molecule has 4 rings (SSSR count). The number of rotatable bonds is 3. The van der Waals surface area contributed by atoms with Gasteiger partial charge in [-0.3, -0.25) is 14.7 Å². The minimum Gasteiger partial charge on any atom is -0.497 e. The van der Waals surface area contributed by atoms with Gasteiger partial charge in [0, 0.05) is 11.1 Å². The molecule has 1 heterocycles. The van der Waals surface area contributed by atoms with E-state index >= 15 is 0 Å². The second-order valence-corrected chi connectivity index (χ2v) is 7.58. The number of aliphatic imine (C=N–C) groups is 1. The molecule has 1 spiro atoms. The normalized spacial score (nSPS) is 18.1. The molecule has 2 aliphatic rings. The third kappa shape index (κ3) is 3.06. The zero-order valence-electron chi connectivity index (χ0n) is 15.6. The van der Waals surface area contributed by atoms with Crippen LogP contribution in [0.4, 0.5) is 0 Å². The lowest BCUT2D eigenvalue weighted by molar-refractivity contribution is 0.0724. The van der Waals surface area contributed by atoms with Gasteiger partial charge in [0.2, 0.25) is 0 Å². The van der Waals surface area contributed by atoms with Crippen LogP contribution in [0.5, 0.6) is 5.75 Å². The molecule has 5 heteroatoms. The topological polar surface area (TPSA) is 41.9 Å². The Morgan fingerprint density at radius 2 is 1.85 bits per heavy atom. The van der Waals surface area contributed by atoms with Gasteiger partial charge in [-0.2, -0.15) is 0 Å². The lowest BCUT2D eigenvalue weighted by Crippen LogP contribution is -2.48. The standard InChI is InChI=1S/C22H22N2O2S/c1-15-6-5-7-17(14-15)19-21(27)24(22(23-19)12-3-4-13-22)20(25)16-8-10-18(26-2)11-9-16/h5-11,14H,3-4,12-13H2,1-2H3. The van der Waals surface area contributed by atoms with E-state index < -0.39 is 5.66 Å². The Bertz CT molecular complexity index is 928. The Kier molecular flexibility index (Phi) is 4.56. The first-order valence-electron chi connectivity index (χ1n) is 9.24. The van der Waals surface area contributed by atoms with Crippen LogP contribution in [0.15, 0.2) is 53.5 Å². The molecule has 2 aromatic rings. The fraction of sp³-hybridized carbons (Fsp3) is 0.318. The highest BCUT2D eigenvalue weighted by Crippen LogP contribution is 2.42. The van der Waals surface area contributed by atoms with E-state index in [-0.39, 0.29) is 5.91 Å². The molecule has 0 unspecified atom stereocenters. The molecule has 0 N–H and O–H groups in total. The minimum absolute atomic E-state index is 0.0871. The summed E-state index contributed by atoms with van der Waals surface area (Å²) in [6.07, 6.45) is 3.81. The Morgan fingerprint density at radius 3 is 2.48 bits per heavy atom. The lowest BCUT2D eigenvalue weighted by Gasteiger charge is -2.32. The summed E-state index contributed by atoms with van der Waals surface area (Å²) in [5.74, 6) is 0.638. The van der Waals surface area contributed by atoms with Crippen LogP contribution in [-0.4, -0.2) is 34.3 Å². The van der Waals surface area contributed by atoms with E-state index in [1.165, 1.54) is 0 Å². The van der Waals surface area contributed by atoms with Crippen molar-refractivity contribution in [1.29, 1.82) is 0 Å². The van der Waals surface area contributed by atoms with Crippen molar-refractivity contribution >= 4 is 28.8 Å². The van der Waals surface area contributed by atoms with Crippen molar-refractivity contribution in [1.82, 2.24) is 4.90 Å². The molecule has 138 valence electrons. The van der Waals surface area contributed by atoms with Crippen LogP contribution in [0.3, 0.4) is 0 Å². The summed E-state index contributed by atoms with van der Waals surface area (Å²) in [6.45, 7) is 2.05. The van der Waals surface area contributed by atoms with E-state index in [1.807, 2.05) is 25.1 Å². The molecule has 0 bridgehead atoms. The molecular formula is C22H22N2O2S. The quantitative estimate of drug-likeness (QED) is 0.736. The molecule has 1 aliphatic carbocycles. The van der Waals surface area contributed by atoms with Crippen molar-refractivity contribution in [2.75, 3.05) is 7.11 Å². The zero-order chi connectivity index (χ0) is 19.0. The molecule has 0 radical (unpaired) electrons. The molecule has 27 heavy (non-hydrogen) atoms. The number of hydrogen-bond donors (Lipinski definition) is 0. The van der Waals surface area contributed by atoms with Gasteiger partial charge in [-0.05, 0) is 62.9 Å². The molecule has 1 amide bonds. The number of thiocarbonyl (C=S) groups is 1. The number of aryl methyl sites for hydroxylation is 1. The number of hydrogen-bond acceptors (Lipinski definition) is 4. The van der Waals surface area contributed by atoms with Crippen LogP contribution < -0.4 is 4.74 Å². The number of methoxy groups -OCH3 is 1. The highest BCUT2D eigenvalue weighted by atomic mass is 32.1. The molecule has 4 nitrogen and oxygen atoms in total. The maximum atomic E-state index is 13.4. The summed E-state index contributed by atoms with van der Waals surface area (Å²) in [7, 11) is 1.61. The first-order valence-corrected chi connectivity index (χ1v) is 9.65. The van der Waals surface area contributed by atoms with Gasteiger partial charge in [-0.15, -0.1) is 0 Å². The Balaban J connectivity index is 1.73. The number of benzene rings is 2. The van der Waals surface area contributed by atoms with E-state index in [0.29, 0.717) is 10.6 Å². The number of amides is 1. The third-order valence-electron chi connectivity index (χ3n) is 5.38. The van der Waals surface area contributed by atoms with Gasteiger partial charge in [0.15, 0.2) is 0 Å². The van der Waals surface area contributed by atoms with Crippen molar-refractivity contribution in [3.63, 3.8) is 0 Å². The molecule has 0 atom stereocenters. The van der Waals surface area contributed by atoms with Crippen molar-refractivity contribution in [3.8, 4) is 5.75 Å². The second kappa shape index (κ2) is 6.89. The summed E-state index contributed by atoms with van der Waals surface area (Å²) < 4.78 is 5.20. The maximum Gasteiger partial charge on any atom is 0.260 e. The Morgan fingerprint density at radius 1 is 1.15 bits per heavy atom. The summed E-state index contributed by atoms with van der Waals surface area (Å²) in [5.41, 5.74) is 2.96. The van der Waals surface area contributed by atoms with Gasteiger partial charge in [-0.25, -0.2) is 0 Å². The number of nitrogens with zero attached hydrogens (tertiary/aromatic N) is 2. The van der Waals surface area contributed by atoms with Gasteiger partial charge in [0.25, 0.3) is 5.91 Å². The van der Waals surface area contributed by atoms with E-state index in [1.54, 1.807) is 36.3 Å². The van der Waals surface area contributed by atoms with Crippen LogP contribution >= 0.6 is 12.2 Å². The Labute approximate surface area is 164 Å². The van der Waals surface area contributed by atoms with Crippen molar-refractivity contribution < 1.29 is 9.53 Å². The smallest absolute Gasteiger partial charge is 0.260 e. The molecule has 1 saturated carbocycles. The van der Waals surface area contributed by atoms with Gasteiger partial charge < -0.3 is 4.74 Å². The highest BCUT2D eigenvalue weighted by molar-refractivity contribution is 7.82. The van der Waals surface area contributed by atoms with Crippen LogP contribution in [0.2, 0.25) is 0 Å². The second-order valence-electron chi connectivity index (χ2n) is 7.19. The van der Waals surface area contributed by atoms with Crippen LogP contribution in [0.25, 0.3) is 0 Å². The highest BCUT2D eigenvalue weighted by Gasteiger charge is 2.50.